The number of hydrogen-bond donors (Lipinski definition) is 1. The number of aryl methyl sites for hydroxylation is 1. The van der Waals surface area contributed by atoms with E-state index in [9.17, 15) is 13.2 Å². The molecule has 0 radical (unpaired) electrons. The van der Waals surface area contributed by atoms with Gasteiger partial charge in [0.15, 0.2) is 0 Å². The molecule has 1 aromatic heterocycles. The van der Waals surface area contributed by atoms with Crippen molar-refractivity contribution in [3.05, 3.63) is 46.4 Å². The lowest BCUT2D eigenvalue weighted by atomic mass is 10.1. The summed E-state index contributed by atoms with van der Waals surface area (Å²) in [5, 5.41) is 2.85. The molecule has 1 aliphatic heterocycles. The molecular weight excluding hydrogens is 374 g/mol. The molecule has 0 spiro atoms. The fourth-order valence-electron chi connectivity index (χ4n) is 2.63. The third kappa shape index (κ3) is 4.88. The molecular formula is C17H21N3O4S2. The van der Waals surface area contributed by atoms with Crippen LogP contribution in [0.2, 0.25) is 0 Å². The van der Waals surface area contributed by atoms with Crippen molar-refractivity contribution in [2.45, 2.75) is 24.3 Å². The predicted molar refractivity (Wildman–Crippen MR) is 98.3 cm³/mol. The van der Waals surface area contributed by atoms with Crippen molar-refractivity contribution in [3.8, 4) is 0 Å². The molecule has 7 nitrogen and oxygen atoms in total. The van der Waals surface area contributed by atoms with E-state index in [1.807, 2.05) is 0 Å². The molecule has 3 rings (SSSR count). The minimum absolute atomic E-state index is 0.0385. The van der Waals surface area contributed by atoms with E-state index in [2.05, 4.69) is 10.3 Å². The molecule has 2 heterocycles. The quantitative estimate of drug-likeness (QED) is 0.766. The first-order valence-electron chi connectivity index (χ1n) is 8.36. The normalized spacial score (nSPS) is 15.7. The largest absolute Gasteiger partial charge is 0.379 e. The molecule has 140 valence electrons. The zero-order chi connectivity index (χ0) is 18.4. The Hall–Kier alpha value is -1.81. The zero-order valence-electron chi connectivity index (χ0n) is 14.3. The second-order valence-electron chi connectivity index (χ2n) is 5.90. The molecule has 1 fully saturated rings. The molecule has 2 aromatic rings. The number of morpholine rings is 1. The van der Waals surface area contributed by atoms with E-state index in [0.29, 0.717) is 45.7 Å². The van der Waals surface area contributed by atoms with Crippen LogP contribution in [-0.4, -0.2) is 49.9 Å². The average molecular weight is 396 g/mol. The van der Waals surface area contributed by atoms with Crippen LogP contribution >= 0.6 is 11.3 Å². The van der Waals surface area contributed by atoms with E-state index < -0.39 is 10.0 Å². The Labute approximate surface area is 157 Å². The Kier molecular flexibility index (Phi) is 6.36. The van der Waals surface area contributed by atoms with E-state index in [4.69, 9.17) is 4.74 Å². The summed E-state index contributed by atoms with van der Waals surface area (Å²) >= 11 is 1.50. The van der Waals surface area contributed by atoms with E-state index in [0.717, 1.165) is 10.4 Å². The number of sulfonamides is 1. The number of hydrogen-bond acceptors (Lipinski definition) is 6. The highest BCUT2D eigenvalue weighted by Gasteiger charge is 2.26. The standard InChI is InChI=1S/C17H21N3O4S2/c21-17(19-12-15-11-18-13-25-15)6-3-14-1-4-16(5-2-14)26(22,23)20-7-9-24-10-8-20/h1-2,4-5,11,13H,3,6-10,12H2,(H,19,21). The van der Waals surface area contributed by atoms with Crippen LogP contribution in [0.5, 0.6) is 0 Å². The molecule has 0 bridgehead atoms. The lowest BCUT2D eigenvalue weighted by Crippen LogP contribution is -2.40. The summed E-state index contributed by atoms with van der Waals surface area (Å²) in [5.74, 6) is -0.0385. The van der Waals surface area contributed by atoms with Crippen LogP contribution in [0.15, 0.2) is 40.9 Å². The van der Waals surface area contributed by atoms with Crippen molar-refractivity contribution in [2.75, 3.05) is 26.3 Å². The number of amides is 1. The maximum absolute atomic E-state index is 12.6. The molecule has 1 aromatic carbocycles. The van der Waals surface area contributed by atoms with Crippen molar-refractivity contribution in [1.29, 1.82) is 0 Å². The molecule has 0 aliphatic carbocycles. The van der Waals surface area contributed by atoms with Crippen LogP contribution in [0.3, 0.4) is 0 Å². The maximum atomic E-state index is 12.6. The Morgan fingerprint density at radius 2 is 1.96 bits per heavy atom. The molecule has 0 atom stereocenters. The Balaban J connectivity index is 1.51. The van der Waals surface area contributed by atoms with Gasteiger partial charge in [-0.25, -0.2) is 8.42 Å². The number of carbonyl (C=O) groups is 1. The molecule has 1 amide bonds. The van der Waals surface area contributed by atoms with Gasteiger partial charge in [0, 0.05) is 30.6 Å². The molecule has 9 heteroatoms. The number of thiazole rings is 1. The third-order valence-corrected chi connectivity index (χ3v) is 6.81. The van der Waals surface area contributed by atoms with E-state index >= 15 is 0 Å². The highest BCUT2D eigenvalue weighted by atomic mass is 32.2. The first kappa shape index (κ1) is 19.0. The maximum Gasteiger partial charge on any atom is 0.243 e. The second-order valence-corrected chi connectivity index (χ2v) is 8.81. The van der Waals surface area contributed by atoms with Gasteiger partial charge in [0.25, 0.3) is 0 Å². The van der Waals surface area contributed by atoms with Gasteiger partial charge in [-0.15, -0.1) is 11.3 Å². The van der Waals surface area contributed by atoms with Crippen LogP contribution in [0.4, 0.5) is 0 Å². The van der Waals surface area contributed by atoms with Crippen LogP contribution in [0, 0.1) is 0 Å². The van der Waals surface area contributed by atoms with Gasteiger partial charge in [-0.2, -0.15) is 4.31 Å². The monoisotopic (exact) mass is 395 g/mol. The van der Waals surface area contributed by atoms with Gasteiger partial charge in [-0.05, 0) is 24.1 Å². The molecule has 1 saturated heterocycles. The topological polar surface area (TPSA) is 88.6 Å². The zero-order valence-corrected chi connectivity index (χ0v) is 15.9. The van der Waals surface area contributed by atoms with Crippen LogP contribution in [-0.2, 0) is 32.5 Å². The highest BCUT2D eigenvalue weighted by Crippen LogP contribution is 2.18. The Morgan fingerprint density at radius 1 is 1.23 bits per heavy atom. The predicted octanol–water partition coefficient (Wildman–Crippen LogP) is 1.41. The van der Waals surface area contributed by atoms with Gasteiger partial charge in [0.05, 0.1) is 30.2 Å². The van der Waals surface area contributed by atoms with Crippen LogP contribution in [0.1, 0.15) is 16.9 Å². The minimum Gasteiger partial charge on any atom is -0.379 e. The van der Waals surface area contributed by atoms with Gasteiger partial charge in [-0.3, -0.25) is 9.78 Å². The summed E-state index contributed by atoms with van der Waals surface area (Å²) in [7, 11) is -3.47. The lowest BCUT2D eigenvalue weighted by Gasteiger charge is -2.26. The van der Waals surface area contributed by atoms with Gasteiger partial charge in [0.1, 0.15) is 0 Å². The summed E-state index contributed by atoms with van der Waals surface area (Å²) < 4.78 is 31.8. The van der Waals surface area contributed by atoms with Crippen molar-refractivity contribution < 1.29 is 17.9 Å². The molecule has 26 heavy (non-hydrogen) atoms. The van der Waals surface area contributed by atoms with Crippen molar-refractivity contribution in [1.82, 2.24) is 14.6 Å². The van der Waals surface area contributed by atoms with Crippen LogP contribution in [0.25, 0.3) is 0 Å². The fraction of sp³-hybridized carbons (Fsp3) is 0.412. The minimum atomic E-state index is -3.47. The Morgan fingerprint density at radius 3 is 2.62 bits per heavy atom. The number of carbonyl (C=O) groups excluding carboxylic acids is 1. The number of nitrogens with zero attached hydrogens (tertiary/aromatic N) is 2. The summed E-state index contributed by atoms with van der Waals surface area (Å²) in [5.41, 5.74) is 2.66. The summed E-state index contributed by atoms with van der Waals surface area (Å²) in [6, 6.07) is 6.75. The highest BCUT2D eigenvalue weighted by molar-refractivity contribution is 7.89. The smallest absolute Gasteiger partial charge is 0.243 e. The number of benzene rings is 1. The van der Waals surface area contributed by atoms with Gasteiger partial charge in [0.2, 0.25) is 15.9 Å². The SMILES string of the molecule is O=C(CCc1ccc(S(=O)(=O)N2CCOCC2)cc1)NCc1cncs1. The molecule has 1 N–H and O–H groups in total. The summed E-state index contributed by atoms with van der Waals surface area (Å²) in [6.07, 6.45) is 2.65. The first-order valence-corrected chi connectivity index (χ1v) is 10.7. The van der Waals surface area contributed by atoms with E-state index in [1.54, 1.807) is 36.0 Å². The van der Waals surface area contributed by atoms with Gasteiger partial charge in [-0.1, -0.05) is 12.1 Å². The lowest BCUT2D eigenvalue weighted by molar-refractivity contribution is -0.121. The average Bonchev–Trinajstić information content (AvgIpc) is 3.19. The van der Waals surface area contributed by atoms with Crippen molar-refractivity contribution in [2.24, 2.45) is 0 Å². The van der Waals surface area contributed by atoms with Crippen molar-refractivity contribution >= 4 is 27.3 Å². The van der Waals surface area contributed by atoms with Gasteiger partial charge < -0.3 is 10.1 Å². The molecule has 1 aliphatic rings. The van der Waals surface area contributed by atoms with Crippen molar-refractivity contribution in [3.63, 3.8) is 0 Å². The van der Waals surface area contributed by atoms with Gasteiger partial charge >= 0.3 is 0 Å². The second kappa shape index (κ2) is 8.72. The molecule has 0 unspecified atom stereocenters. The summed E-state index contributed by atoms with van der Waals surface area (Å²) in [4.78, 5) is 17.2. The Bertz CT molecular complexity index is 814. The summed E-state index contributed by atoms with van der Waals surface area (Å²) in [6.45, 7) is 2.09. The number of aromatic nitrogens is 1. The number of rotatable bonds is 7. The van der Waals surface area contributed by atoms with E-state index in [1.165, 1.54) is 15.6 Å². The molecule has 0 saturated carbocycles. The number of ether oxygens (including phenoxy) is 1. The van der Waals surface area contributed by atoms with E-state index in [-0.39, 0.29) is 10.8 Å². The third-order valence-electron chi connectivity index (χ3n) is 4.12. The van der Waals surface area contributed by atoms with Crippen LogP contribution < -0.4 is 5.32 Å². The first-order chi connectivity index (χ1) is 12.6. The number of nitrogens with one attached hydrogen (secondary N) is 1. The fourth-order valence-corrected chi connectivity index (χ4v) is 4.57.